The molecule has 2 aromatic rings. The van der Waals surface area contributed by atoms with E-state index in [-0.39, 0.29) is 24.2 Å². The molecule has 3 rings (SSSR count). The summed E-state index contributed by atoms with van der Waals surface area (Å²) in [6, 6.07) is 5.99. The van der Waals surface area contributed by atoms with Crippen LogP contribution in [0.2, 0.25) is 0 Å². The Hall–Kier alpha value is -2.28. The average molecular weight is 372 g/mol. The molecule has 0 aliphatic carbocycles. The molecule has 0 spiro atoms. The number of aromatic nitrogens is 2. The summed E-state index contributed by atoms with van der Waals surface area (Å²) in [5.74, 6) is -0.548. The van der Waals surface area contributed by atoms with Crippen molar-refractivity contribution >= 4 is 34.0 Å². The maximum atomic E-state index is 12.5. The molecule has 1 atom stereocenters. The van der Waals surface area contributed by atoms with Gasteiger partial charge in [0.1, 0.15) is 5.01 Å². The topological polar surface area (TPSA) is 75.2 Å². The molecule has 2 amide bonds. The number of carbonyl (C=O) groups is 2. The molecule has 1 N–H and O–H groups in total. The fraction of sp³-hybridized carbons (Fsp3) is 0.474. The molecule has 7 heteroatoms. The molecule has 1 aliphatic heterocycles. The standard InChI is InChI=1S/C19H24N4O2S/c1-4-5-6-16-21-22-19(26-16)20-18(25)14-10-17(24)23(11-14)15-8-7-12(2)9-13(15)3/h7-9,14H,4-6,10-11H2,1-3H3,(H,20,22,25). The number of aryl methyl sites for hydroxylation is 3. The first-order valence-corrected chi connectivity index (χ1v) is 9.80. The molecule has 0 saturated carbocycles. The molecule has 1 unspecified atom stereocenters. The van der Waals surface area contributed by atoms with Crippen molar-refractivity contribution in [2.45, 2.75) is 46.5 Å². The van der Waals surface area contributed by atoms with Gasteiger partial charge in [-0.25, -0.2) is 0 Å². The van der Waals surface area contributed by atoms with Gasteiger partial charge in [-0.15, -0.1) is 10.2 Å². The van der Waals surface area contributed by atoms with Crippen LogP contribution >= 0.6 is 11.3 Å². The van der Waals surface area contributed by atoms with E-state index in [1.807, 2.05) is 26.0 Å². The van der Waals surface area contributed by atoms with E-state index in [4.69, 9.17) is 0 Å². The Morgan fingerprint density at radius 1 is 1.35 bits per heavy atom. The molecular weight excluding hydrogens is 348 g/mol. The summed E-state index contributed by atoms with van der Waals surface area (Å²) in [5.41, 5.74) is 3.08. The molecule has 1 aromatic heterocycles. The molecular formula is C19H24N4O2S. The van der Waals surface area contributed by atoms with Gasteiger partial charge < -0.3 is 10.2 Å². The Kier molecular flexibility index (Phi) is 5.66. The van der Waals surface area contributed by atoms with Gasteiger partial charge in [-0.2, -0.15) is 0 Å². The van der Waals surface area contributed by atoms with Crippen LogP contribution in [-0.4, -0.2) is 28.6 Å². The van der Waals surface area contributed by atoms with Gasteiger partial charge in [0.05, 0.1) is 5.92 Å². The third-order valence-corrected chi connectivity index (χ3v) is 5.48. The number of hydrogen-bond donors (Lipinski definition) is 1. The Bertz CT molecular complexity index is 818. The van der Waals surface area contributed by atoms with Gasteiger partial charge in [-0.3, -0.25) is 9.59 Å². The van der Waals surface area contributed by atoms with E-state index < -0.39 is 0 Å². The lowest BCUT2D eigenvalue weighted by Crippen LogP contribution is -2.28. The van der Waals surface area contributed by atoms with Gasteiger partial charge in [-0.1, -0.05) is 42.4 Å². The fourth-order valence-corrected chi connectivity index (χ4v) is 3.95. The first-order chi connectivity index (χ1) is 12.5. The molecule has 0 radical (unpaired) electrons. The van der Waals surface area contributed by atoms with Crippen LogP contribution in [0, 0.1) is 19.8 Å². The monoisotopic (exact) mass is 372 g/mol. The van der Waals surface area contributed by atoms with Crippen molar-refractivity contribution < 1.29 is 9.59 Å². The summed E-state index contributed by atoms with van der Waals surface area (Å²) in [7, 11) is 0. The summed E-state index contributed by atoms with van der Waals surface area (Å²) in [4.78, 5) is 26.7. The minimum absolute atomic E-state index is 0.0157. The third kappa shape index (κ3) is 4.09. The smallest absolute Gasteiger partial charge is 0.231 e. The third-order valence-electron chi connectivity index (χ3n) is 4.58. The zero-order chi connectivity index (χ0) is 18.7. The zero-order valence-corrected chi connectivity index (χ0v) is 16.2. The first kappa shape index (κ1) is 18.5. The Morgan fingerprint density at radius 2 is 2.15 bits per heavy atom. The number of amides is 2. The number of nitrogens with one attached hydrogen (secondary N) is 1. The van der Waals surface area contributed by atoms with Gasteiger partial charge in [0, 0.05) is 25.1 Å². The summed E-state index contributed by atoms with van der Waals surface area (Å²) < 4.78 is 0. The van der Waals surface area contributed by atoms with Crippen molar-refractivity contribution in [2.75, 3.05) is 16.8 Å². The van der Waals surface area contributed by atoms with Crippen molar-refractivity contribution in [3.8, 4) is 0 Å². The quantitative estimate of drug-likeness (QED) is 0.842. The number of anilines is 2. The molecule has 138 valence electrons. The van der Waals surface area contributed by atoms with E-state index >= 15 is 0 Å². The second-order valence-corrected chi connectivity index (χ2v) is 7.85. The van der Waals surface area contributed by atoms with Crippen LogP contribution in [0.4, 0.5) is 10.8 Å². The van der Waals surface area contributed by atoms with Crippen molar-refractivity contribution in [3.63, 3.8) is 0 Å². The average Bonchev–Trinajstić information content (AvgIpc) is 3.20. The van der Waals surface area contributed by atoms with E-state index in [1.54, 1.807) is 4.90 Å². The van der Waals surface area contributed by atoms with Gasteiger partial charge >= 0.3 is 0 Å². The predicted octanol–water partition coefficient (Wildman–Crippen LogP) is 3.49. The fourth-order valence-electron chi connectivity index (χ4n) is 3.16. The van der Waals surface area contributed by atoms with Crippen LogP contribution in [0.25, 0.3) is 0 Å². The number of benzene rings is 1. The van der Waals surface area contributed by atoms with Crippen molar-refractivity contribution in [1.82, 2.24) is 10.2 Å². The summed E-state index contributed by atoms with van der Waals surface area (Å²) in [6.07, 6.45) is 3.26. The highest BCUT2D eigenvalue weighted by Gasteiger charge is 2.36. The van der Waals surface area contributed by atoms with Crippen molar-refractivity contribution in [2.24, 2.45) is 5.92 Å². The van der Waals surface area contributed by atoms with Crippen LogP contribution in [0.3, 0.4) is 0 Å². The highest BCUT2D eigenvalue weighted by molar-refractivity contribution is 7.15. The largest absolute Gasteiger partial charge is 0.311 e. The Balaban J connectivity index is 1.64. The van der Waals surface area contributed by atoms with E-state index in [0.717, 1.165) is 41.1 Å². The number of nitrogens with zero attached hydrogens (tertiary/aromatic N) is 3. The van der Waals surface area contributed by atoms with Gasteiger partial charge in [0.25, 0.3) is 0 Å². The van der Waals surface area contributed by atoms with E-state index in [0.29, 0.717) is 11.7 Å². The Morgan fingerprint density at radius 3 is 2.88 bits per heavy atom. The SMILES string of the molecule is CCCCc1nnc(NC(=O)C2CC(=O)N(c3ccc(C)cc3C)C2)s1. The van der Waals surface area contributed by atoms with Crippen LogP contribution in [0.5, 0.6) is 0 Å². The van der Waals surface area contributed by atoms with E-state index in [2.05, 4.69) is 28.5 Å². The highest BCUT2D eigenvalue weighted by atomic mass is 32.1. The second kappa shape index (κ2) is 7.95. The van der Waals surface area contributed by atoms with Gasteiger partial charge in [0.2, 0.25) is 16.9 Å². The van der Waals surface area contributed by atoms with Crippen LogP contribution < -0.4 is 10.2 Å². The summed E-state index contributed by atoms with van der Waals surface area (Å²) in [6.45, 7) is 6.54. The highest BCUT2D eigenvalue weighted by Crippen LogP contribution is 2.29. The predicted molar refractivity (Wildman–Crippen MR) is 104 cm³/mol. The van der Waals surface area contributed by atoms with Crippen LogP contribution in [0.15, 0.2) is 18.2 Å². The normalized spacial score (nSPS) is 17.0. The molecule has 1 aliphatic rings. The molecule has 2 heterocycles. The maximum absolute atomic E-state index is 12.5. The maximum Gasteiger partial charge on any atom is 0.231 e. The van der Waals surface area contributed by atoms with Gasteiger partial charge in [0.15, 0.2) is 0 Å². The number of carbonyl (C=O) groups excluding carboxylic acids is 2. The molecule has 0 bridgehead atoms. The molecule has 26 heavy (non-hydrogen) atoms. The lowest BCUT2D eigenvalue weighted by atomic mass is 10.1. The van der Waals surface area contributed by atoms with Crippen LogP contribution in [-0.2, 0) is 16.0 Å². The van der Waals surface area contributed by atoms with Gasteiger partial charge in [-0.05, 0) is 31.9 Å². The first-order valence-electron chi connectivity index (χ1n) is 8.98. The molecule has 1 saturated heterocycles. The number of hydrogen-bond acceptors (Lipinski definition) is 5. The zero-order valence-electron chi connectivity index (χ0n) is 15.4. The minimum atomic E-state index is -0.369. The summed E-state index contributed by atoms with van der Waals surface area (Å²) >= 11 is 1.41. The van der Waals surface area contributed by atoms with Crippen molar-refractivity contribution in [1.29, 1.82) is 0 Å². The van der Waals surface area contributed by atoms with E-state index in [1.165, 1.54) is 11.3 Å². The summed E-state index contributed by atoms with van der Waals surface area (Å²) in [5, 5.41) is 12.4. The second-order valence-electron chi connectivity index (χ2n) is 6.79. The van der Waals surface area contributed by atoms with E-state index in [9.17, 15) is 9.59 Å². The lowest BCUT2D eigenvalue weighted by Gasteiger charge is -2.19. The lowest BCUT2D eigenvalue weighted by molar-refractivity contribution is -0.122. The minimum Gasteiger partial charge on any atom is -0.311 e. The van der Waals surface area contributed by atoms with Crippen molar-refractivity contribution in [3.05, 3.63) is 34.3 Å². The molecule has 1 fully saturated rings. The Labute approximate surface area is 157 Å². The number of unbranched alkanes of at least 4 members (excludes halogenated alkanes) is 1. The van der Waals surface area contributed by atoms with Crippen LogP contribution in [0.1, 0.15) is 42.3 Å². The number of rotatable bonds is 6. The molecule has 1 aromatic carbocycles. The molecule has 6 nitrogen and oxygen atoms in total.